The van der Waals surface area contributed by atoms with Gasteiger partial charge in [-0.3, -0.25) is 0 Å². The molecular formula is C51H50Cl2SZr. The zero-order valence-electron chi connectivity index (χ0n) is 33.2. The zero-order valence-corrected chi connectivity index (χ0v) is 38.0. The first kappa shape index (κ1) is 40.1. The number of allylic oxidation sites excluding steroid dienone is 4. The van der Waals surface area contributed by atoms with Gasteiger partial charge in [0.05, 0.1) is 0 Å². The number of hydrogen-bond acceptors (Lipinski definition) is 1. The molecule has 0 saturated heterocycles. The van der Waals surface area contributed by atoms with Gasteiger partial charge in [-0.05, 0) is 0 Å². The fraction of sp³-hybridized carbons (Fsp3) is 0.275. The molecular weight excluding hydrogens is 807 g/mol. The summed E-state index contributed by atoms with van der Waals surface area (Å²) in [5, 5.41) is 7.59. The van der Waals surface area contributed by atoms with Crippen LogP contribution in [-0.2, 0) is 24.4 Å². The van der Waals surface area contributed by atoms with Gasteiger partial charge in [-0.15, -0.1) is 0 Å². The first-order chi connectivity index (χ1) is 25.6. The van der Waals surface area contributed by atoms with Gasteiger partial charge >= 0.3 is 331 Å². The van der Waals surface area contributed by atoms with Crippen LogP contribution in [0.3, 0.4) is 0 Å². The first-order valence-corrected chi connectivity index (χ1v) is 24.3. The normalized spacial score (nSPS) is 21.9. The van der Waals surface area contributed by atoms with E-state index in [1.807, 2.05) is 11.3 Å². The number of thiophene rings is 1. The van der Waals surface area contributed by atoms with Crippen LogP contribution in [0.4, 0.5) is 0 Å². The van der Waals surface area contributed by atoms with Crippen molar-refractivity contribution in [2.45, 2.75) is 76.8 Å². The molecule has 1 heterocycles. The summed E-state index contributed by atoms with van der Waals surface area (Å²) in [6.45, 7) is 20.2. The second-order valence-corrected chi connectivity index (χ2v) is 24.3. The molecule has 5 aromatic carbocycles. The molecule has 3 aliphatic carbocycles. The molecule has 0 amide bonds. The maximum absolute atomic E-state index is 3.10. The fourth-order valence-corrected chi connectivity index (χ4v) is 22.4. The molecule has 5 atom stereocenters. The largest absolute Gasteiger partial charge is 1.00 e. The number of benzene rings is 5. The van der Waals surface area contributed by atoms with Crippen LogP contribution in [0.5, 0.6) is 0 Å². The molecule has 0 aliphatic heterocycles. The summed E-state index contributed by atoms with van der Waals surface area (Å²) in [6.07, 6.45) is 6.01. The van der Waals surface area contributed by atoms with Crippen molar-refractivity contribution in [2.24, 2.45) is 11.8 Å². The monoisotopic (exact) mass is 854 g/mol. The molecule has 1 aromatic heterocycles. The molecule has 0 fully saturated rings. The van der Waals surface area contributed by atoms with E-state index in [1.165, 1.54) is 60.9 Å². The number of rotatable bonds is 5. The summed E-state index contributed by atoms with van der Waals surface area (Å²) in [7, 11) is 0. The Hall–Kier alpha value is -3.13. The molecule has 0 bridgehead atoms. The average Bonchev–Trinajstić information content (AvgIpc) is 3.95. The second kappa shape index (κ2) is 15.3. The molecule has 5 unspecified atom stereocenters. The van der Waals surface area contributed by atoms with E-state index in [9.17, 15) is 0 Å². The van der Waals surface area contributed by atoms with E-state index < -0.39 is 21.3 Å². The van der Waals surface area contributed by atoms with Gasteiger partial charge in [-0.1, -0.05) is 0 Å². The van der Waals surface area contributed by atoms with E-state index in [0.717, 1.165) is 6.42 Å². The van der Waals surface area contributed by atoms with E-state index in [-0.39, 0.29) is 27.9 Å². The number of aryl methyl sites for hydroxylation is 1. The third-order valence-electron chi connectivity index (χ3n) is 14.1. The van der Waals surface area contributed by atoms with Gasteiger partial charge in [0.2, 0.25) is 0 Å². The Bertz CT molecular complexity index is 2480. The summed E-state index contributed by atoms with van der Waals surface area (Å²) >= 11 is -1.27. The molecule has 3 aliphatic rings. The van der Waals surface area contributed by atoms with Crippen molar-refractivity contribution in [2.75, 3.05) is 0 Å². The Balaban J connectivity index is 0.00000233. The van der Waals surface area contributed by atoms with Crippen molar-refractivity contribution >= 4 is 30.9 Å². The zero-order chi connectivity index (χ0) is 36.8. The van der Waals surface area contributed by atoms with Gasteiger partial charge in [-0.2, -0.15) is 0 Å². The molecule has 4 heteroatoms. The molecule has 55 heavy (non-hydrogen) atoms. The number of halogens is 2. The van der Waals surface area contributed by atoms with Gasteiger partial charge in [-0.25, -0.2) is 0 Å². The minimum atomic E-state index is -3.10. The Kier molecular flexibility index (Phi) is 11.2. The standard InChI is InChI=1S/C29H33.C13H10.C9H7S.2ClH.Zr/c1-14-13-24-25(18(5)15(14)2)21(8)28-27-20(7)17(4)16(3)19(6)26(27)22-11-9-10-12-23(22)29(24)28;1-3-7-12(8-4-1)11-13-9-5-2-6-10-13;1-2-4-8(3-1)9-5-6-10-7-9;;;/h9-13,16-17,19,21H,1-8H3;1-10H;1,3,5-7H,2H2;2*1H;/q;;;;;+2/p-2. The Morgan fingerprint density at radius 3 is 1.96 bits per heavy atom. The molecule has 9 rings (SSSR count). The van der Waals surface area contributed by atoms with Crippen LogP contribution < -0.4 is 24.8 Å². The Morgan fingerprint density at radius 2 is 1.35 bits per heavy atom. The van der Waals surface area contributed by atoms with Crippen LogP contribution in [0.1, 0.15) is 109 Å². The van der Waals surface area contributed by atoms with Crippen molar-refractivity contribution in [1.82, 2.24) is 0 Å². The van der Waals surface area contributed by atoms with Crippen LogP contribution in [-0.4, -0.2) is 3.21 Å². The SMILES string of the molecule is Cc1cc2c(c(C)c1C)C(C)c1c3c(c4ccccc4c1-2)C(C)C(C)C(C)[C]3(C)[Zr+2]([C]1=C(c2ccsc2)C=CC1)=[C](c1ccccc1)c1ccccc1.[Cl-].[Cl-]. The van der Waals surface area contributed by atoms with Crippen LogP contribution in [0.2, 0.25) is 0 Å². The quantitative estimate of drug-likeness (QED) is 0.166. The molecule has 6 aromatic rings. The van der Waals surface area contributed by atoms with E-state index >= 15 is 0 Å². The van der Waals surface area contributed by atoms with Gasteiger partial charge < -0.3 is 24.8 Å². The predicted molar refractivity (Wildman–Crippen MR) is 226 cm³/mol. The maximum atomic E-state index is 2.78. The van der Waals surface area contributed by atoms with Crippen molar-refractivity contribution in [1.29, 1.82) is 0 Å². The third-order valence-corrected chi connectivity index (χ3v) is 24.3. The fourth-order valence-electron chi connectivity index (χ4n) is 10.9. The van der Waals surface area contributed by atoms with Gasteiger partial charge in [0.1, 0.15) is 0 Å². The summed E-state index contributed by atoms with van der Waals surface area (Å²) in [5.41, 5.74) is 19.6. The molecule has 0 spiro atoms. The molecule has 0 saturated carbocycles. The van der Waals surface area contributed by atoms with Gasteiger partial charge in [0.15, 0.2) is 0 Å². The van der Waals surface area contributed by atoms with E-state index in [2.05, 4.69) is 175 Å². The topological polar surface area (TPSA) is 0 Å². The molecule has 0 nitrogen and oxygen atoms in total. The van der Waals surface area contributed by atoms with E-state index in [0.29, 0.717) is 23.7 Å². The second-order valence-electron chi connectivity index (χ2n) is 16.4. The Morgan fingerprint density at radius 1 is 0.727 bits per heavy atom. The average molecular weight is 857 g/mol. The number of fused-ring (bicyclic) bond motifs is 8. The smallest absolute Gasteiger partial charge is 1.00 e. The Labute approximate surface area is 352 Å². The van der Waals surface area contributed by atoms with Crippen LogP contribution in [0.15, 0.2) is 123 Å². The predicted octanol–water partition coefficient (Wildman–Crippen LogP) is 7.83. The third kappa shape index (κ3) is 5.95. The minimum absolute atomic E-state index is 0. The van der Waals surface area contributed by atoms with Crippen LogP contribution in [0, 0.1) is 32.6 Å². The van der Waals surface area contributed by atoms with E-state index in [4.69, 9.17) is 0 Å². The summed E-state index contributed by atoms with van der Waals surface area (Å²) < 4.78 is 3.37. The van der Waals surface area contributed by atoms with Crippen LogP contribution in [0.25, 0.3) is 27.5 Å². The summed E-state index contributed by atoms with van der Waals surface area (Å²) in [5.74, 6) is 1.81. The summed E-state index contributed by atoms with van der Waals surface area (Å²) in [6, 6.07) is 37.5. The maximum Gasteiger partial charge on any atom is -1.00 e. The van der Waals surface area contributed by atoms with Crippen molar-refractivity contribution in [3.63, 3.8) is 0 Å². The summed E-state index contributed by atoms with van der Waals surface area (Å²) in [4.78, 5) is 0. The van der Waals surface area contributed by atoms with Gasteiger partial charge in [0.25, 0.3) is 0 Å². The molecule has 0 radical (unpaired) electrons. The van der Waals surface area contributed by atoms with Crippen molar-refractivity contribution < 1.29 is 46.1 Å². The van der Waals surface area contributed by atoms with Crippen LogP contribution >= 0.6 is 11.3 Å². The van der Waals surface area contributed by atoms with Crippen molar-refractivity contribution in [3.05, 3.63) is 179 Å². The minimum Gasteiger partial charge on any atom is -1.00 e. The molecule has 278 valence electrons. The van der Waals surface area contributed by atoms with Gasteiger partial charge in [0, 0.05) is 0 Å². The first-order valence-electron chi connectivity index (χ1n) is 19.6. The van der Waals surface area contributed by atoms with E-state index in [1.54, 1.807) is 28.7 Å². The van der Waals surface area contributed by atoms with Crippen molar-refractivity contribution in [3.8, 4) is 11.1 Å². The number of hydrogen-bond donors (Lipinski definition) is 0. The molecule has 0 N–H and O–H groups in total.